The maximum atomic E-state index is 10.4. The molecule has 0 aliphatic carbocycles. The molecule has 150 valence electrons. The molecule has 1 atom stereocenters. The van der Waals surface area contributed by atoms with Crippen LogP contribution in [0.3, 0.4) is 0 Å². The van der Waals surface area contributed by atoms with Gasteiger partial charge < -0.3 is 15.7 Å². The number of aryl methyl sites for hydroxylation is 1. The first-order chi connectivity index (χ1) is 12.7. The molecule has 0 spiro atoms. The number of phenolic OH excluding ortho intramolecular Hbond substituents is 1. The van der Waals surface area contributed by atoms with Crippen LogP contribution in [0.15, 0.2) is 29.9 Å². The van der Waals surface area contributed by atoms with E-state index in [1.165, 1.54) is 0 Å². The van der Waals surface area contributed by atoms with Gasteiger partial charge in [0.25, 0.3) is 0 Å². The van der Waals surface area contributed by atoms with E-state index in [9.17, 15) is 5.11 Å². The SMILES string of the molecule is CC=C(C=C(CC)c1cc(CCCCC(C)N)cc(O)c1C)C(=N)N(C)C. The molecule has 0 aromatic heterocycles. The van der Waals surface area contributed by atoms with Gasteiger partial charge >= 0.3 is 0 Å². The lowest BCUT2D eigenvalue weighted by Gasteiger charge is -2.17. The van der Waals surface area contributed by atoms with E-state index in [0.717, 1.165) is 59.9 Å². The van der Waals surface area contributed by atoms with Crippen LogP contribution in [0.2, 0.25) is 0 Å². The second-order valence-electron chi connectivity index (χ2n) is 7.52. The number of phenols is 1. The van der Waals surface area contributed by atoms with E-state index in [0.29, 0.717) is 11.6 Å². The minimum atomic E-state index is 0.243. The van der Waals surface area contributed by atoms with Gasteiger partial charge in [-0.1, -0.05) is 25.5 Å². The Labute approximate surface area is 165 Å². The number of allylic oxidation sites excluding steroid dienone is 2. The summed E-state index contributed by atoms with van der Waals surface area (Å²) in [5.74, 6) is 0.830. The molecule has 0 saturated carbocycles. The van der Waals surface area contributed by atoms with Crippen LogP contribution in [0, 0.1) is 12.3 Å². The Kier molecular flexibility index (Phi) is 9.30. The van der Waals surface area contributed by atoms with Crippen molar-refractivity contribution >= 4 is 11.4 Å². The molecule has 0 aliphatic heterocycles. The highest BCUT2D eigenvalue weighted by Gasteiger charge is 2.12. The predicted molar refractivity (Wildman–Crippen MR) is 117 cm³/mol. The molecule has 1 rings (SSSR count). The van der Waals surface area contributed by atoms with E-state index < -0.39 is 0 Å². The third-order valence-electron chi connectivity index (χ3n) is 4.90. The quantitative estimate of drug-likeness (QED) is 0.246. The Hall–Kier alpha value is -2.07. The summed E-state index contributed by atoms with van der Waals surface area (Å²) in [6.45, 7) is 8.07. The first-order valence-corrected chi connectivity index (χ1v) is 9.92. The molecule has 27 heavy (non-hydrogen) atoms. The number of nitrogens with one attached hydrogen (secondary N) is 1. The van der Waals surface area contributed by atoms with Crippen molar-refractivity contribution in [1.29, 1.82) is 5.41 Å². The second kappa shape index (κ2) is 10.9. The minimum absolute atomic E-state index is 0.243. The summed E-state index contributed by atoms with van der Waals surface area (Å²) in [5, 5.41) is 18.7. The van der Waals surface area contributed by atoms with Crippen molar-refractivity contribution in [3.05, 3.63) is 46.5 Å². The van der Waals surface area contributed by atoms with Crippen LogP contribution in [0.4, 0.5) is 0 Å². The number of benzene rings is 1. The molecule has 0 aliphatic rings. The van der Waals surface area contributed by atoms with Crippen molar-refractivity contribution in [2.75, 3.05) is 14.1 Å². The number of hydrogen-bond acceptors (Lipinski definition) is 3. The van der Waals surface area contributed by atoms with Gasteiger partial charge in [0.15, 0.2) is 0 Å². The summed E-state index contributed by atoms with van der Waals surface area (Å²) in [5.41, 5.74) is 11.0. The van der Waals surface area contributed by atoms with E-state index in [2.05, 4.69) is 19.1 Å². The number of nitrogens with two attached hydrogens (primary N) is 1. The lowest BCUT2D eigenvalue weighted by Crippen LogP contribution is -2.22. The van der Waals surface area contributed by atoms with Crippen LogP contribution < -0.4 is 5.73 Å². The molecule has 0 radical (unpaired) electrons. The molecule has 0 amide bonds. The van der Waals surface area contributed by atoms with Crippen molar-refractivity contribution in [1.82, 2.24) is 4.90 Å². The first-order valence-electron chi connectivity index (χ1n) is 9.92. The topological polar surface area (TPSA) is 73.3 Å². The van der Waals surface area contributed by atoms with Gasteiger partial charge in [0.2, 0.25) is 0 Å². The van der Waals surface area contributed by atoms with Crippen LogP contribution in [-0.4, -0.2) is 36.0 Å². The van der Waals surface area contributed by atoms with Gasteiger partial charge in [-0.3, -0.25) is 5.41 Å². The fourth-order valence-corrected chi connectivity index (χ4v) is 3.14. The Morgan fingerprint density at radius 2 is 1.96 bits per heavy atom. The highest BCUT2D eigenvalue weighted by molar-refractivity contribution is 6.00. The molecular weight excluding hydrogens is 334 g/mol. The number of unbranched alkanes of at least 4 members (excludes halogenated alkanes) is 1. The van der Waals surface area contributed by atoms with Gasteiger partial charge in [-0.05, 0) is 80.9 Å². The van der Waals surface area contributed by atoms with Gasteiger partial charge in [-0.25, -0.2) is 0 Å². The summed E-state index contributed by atoms with van der Waals surface area (Å²) in [4.78, 5) is 1.80. The number of aromatic hydroxyl groups is 1. The van der Waals surface area contributed by atoms with Crippen molar-refractivity contribution in [3.63, 3.8) is 0 Å². The lowest BCUT2D eigenvalue weighted by atomic mass is 9.92. The van der Waals surface area contributed by atoms with E-state index in [-0.39, 0.29) is 6.04 Å². The van der Waals surface area contributed by atoms with Crippen LogP contribution in [0.5, 0.6) is 5.75 Å². The lowest BCUT2D eigenvalue weighted by molar-refractivity contribution is 0.469. The third-order valence-corrected chi connectivity index (χ3v) is 4.90. The maximum Gasteiger partial charge on any atom is 0.127 e. The van der Waals surface area contributed by atoms with E-state index in [4.69, 9.17) is 11.1 Å². The zero-order valence-electron chi connectivity index (χ0n) is 17.9. The second-order valence-corrected chi connectivity index (χ2v) is 7.52. The fraction of sp³-hybridized carbons (Fsp3) is 0.522. The van der Waals surface area contributed by atoms with Gasteiger partial charge in [0, 0.05) is 25.7 Å². The molecule has 4 nitrogen and oxygen atoms in total. The van der Waals surface area contributed by atoms with Gasteiger partial charge in [0.1, 0.15) is 11.6 Å². The minimum Gasteiger partial charge on any atom is -0.508 e. The highest BCUT2D eigenvalue weighted by atomic mass is 16.3. The Balaban J connectivity index is 3.17. The molecular formula is C23H37N3O. The zero-order valence-corrected chi connectivity index (χ0v) is 17.9. The van der Waals surface area contributed by atoms with Crippen LogP contribution in [0.1, 0.15) is 63.1 Å². The zero-order chi connectivity index (χ0) is 20.6. The first kappa shape index (κ1) is 23.0. The molecule has 0 bridgehead atoms. The molecule has 1 aromatic rings. The largest absolute Gasteiger partial charge is 0.508 e. The molecule has 0 fully saturated rings. The average Bonchev–Trinajstić information content (AvgIpc) is 2.62. The van der Waals surface area contributed by atoms with Crippen molar-refractivity contribution in [3.8, 4) is 5.75 Å². The van der Waals surface area contributed by atoms with E-state index in [1.807, 2.05) is 47.0 Å². The van der Waals surface area contributed by atoms with Crippen LogP contribution in [0.25, 0.3) is 5.57 Å². The van der Waals surface area contributed by atoms with E-state index in [1.54, 1.807) is 4.90 Å². The monoisotopic (exact) mass is 371 g/mol. The fourth-order valence-electron chi connectivity index (χ4n) is 3.14. The predicted octanol–water partition coefficient (Wildman–Crippen LogP) is 5.04. The van der Waals surface area contributed by atoms with E-state index >= 15 is 0 Å². The third kappa shape index (κ3) is 6.87. The van der Waals surface area contributed by atoms with Gasteiger partial charge in [-0.2, -0.15) is 0 Å². The standard InChI is InChI=1S/C23H37N3O/c1-7-19(15-20(8-2)23(25)26(5)6)21-13-18(14-22(27)17(21)4)12-10-9-11-16(3)24/h8,13-16,25,27H,7,9-12,24H2,1-6H3. The summed E-state index contributed by atoms with van der Waals surface area (Å²) < 4.78 is 0. The Bertz CT molecular complexity index is 700. The average molecular weight is 372 g/mol. The molecule has 0 heterocycles. The summed E-state index contributed by atoms with van der Waals surface area (Å²) >= 11 is 0. The number of amidine groups is 1. The summed E-state index contributed by atoms with van der Waals surface area (Å²) in [6.07, 6.45) is 9.01. The number of nitrogens with zero attached hydrogens (tertiary/aromatic N) is 1. The Morgan fingerprint density at radius 3 is 2.48 bits per heavy atom. The normalized spacial score (nSPS) is 13.6. The van der Waals surface area contributed by atoms with Gasteiger partial charge in [-0.15, -0.1) is 0 Å². The van der Waals surface area contributed by atoms with Crippen molar-refractivity contribution < 1.29 is 5.11 Å². The highest BCUT2D eigenvalue weighted by Crippen LogP contribution is 2.31. The summed E-state index contributed by atoms with van der Waals surface area (Å²) in [7, 11) is 3.76. The molecule has 4 N–H and O–H groups in total. The summed E-state index contributed by atoms with van der Waals surface area (Å²) in [6, 6.07) is 4.33. The number of rotatable bonds is 9. The number of hydrogen-bond donors (Lipinski definition) is 3. The Morgan fingerprint density at radius 1 is 1.30 bits per heavy atom. The van der Waals surface area contributed by atoms with Crippen LogP contribution in [-0.2, 0) is 6.42 Å². The molecule has 4 heteroatoms. The number of likely N-dealkylation sites (N-methyl/N-ethyl adjacent to an activating group) is 1. The van der Waals surface area contributed by atoms with Crippen LogP contribution >= 0.6 is 0 Å². The van der Waals surface area contributed by atoms with Crippen molar-refractivity contribution in [2.24, 2.45) is 5.73 Å². The van der Waals surface area contributed by atoms with Gasteiger partial charge in [0.05, 0.1) is 0 Å². The maximum absolute atomic E-state index is 10.4. The van der Waals surface area contributed by atoms with Crippen molar-refractivity contribution in [2.45, 2.75) is 65.8 Å². The molecule has 0 saturated heterocycles. The molecule has 1 unspecified atom stereocenters. The smallest absolute Gasteiger partial charge is 0.127 e. The molecule has 1 aromatic carbocycles.